The van der Waals surface area contributed by atoms with E-state index in [0.717, 1.165) is 0 Å². The van der Waals surface area contributed by atoms with E-state index in [2.05, 4.69) is 0 Å². The summed E-state index contributed by atoms with van der Waals surface area (Å²) in [6.45, 7) is -2.51. The van der Waals surface area contributed by atoms with Gasteiger partial charge in [0.25, 0.3) is 6.43 Å². The third-order valence-electron chi connectivity index (χ3n) is 3.54. The van der Waals surface area contributed by atoms with E-state index in [1.165, 1.54) is 9.80 Å². The molecular weight excluding hydrogens is 325 g/mol. The Bertz CT molecular complexity index is 420. The molecule has 0 atom stereocenters. The molecule has 0 aliphatic carbocycles. The van der Waals surface area contributed by atoms with Crippen LogP contribution in [0.3, 0.4) is 0 Å². The zero-order valence-corrected chi connectivity index (χ0v) is 12.9. The molecular formula is C13H20F5N3O2. The van der Waals surface area contributed by atoms with Crippen molar-refractivity contribution in [3.05, 3.63) is 0 Å². The molecule has 1 saturated heterocycles. The topological polar surface area (TPSA) is 43.9 Å². The number of nitrogens with zero attached hydrogens (tertiary/aromatic N) is 3. The minimum Gasteiger partial charge on any atom is -0.331 e. The molecule has 0 unspecified atom stereocenters. The molecule has 0 aromatic carbocycles. The van der Waals surface area contributed by atoms with Crippen LogP contribution in [0.15, 0.2) is 0 Å². The van der Waals surface area contributed by atoms with Crippen molar-refractivity contribution in [1.29, 1.82) is 0 Å². The Morgan fingerprint density at radius 1 is 1.17 bits per heavy atom. The summed E-state index contributed by atoms with van der Waals surface area (Å²) in [5.41, 5.74) is 0. The molecule has 1 aliphatic heterocycles. The SMILES string of the molecule is CN(C)C(=O)N1CCC(C(=O)N(CC(F)F)CC(F)(F)F)CC1. The number of likely N-dealkylation sites (tertiary alicyclic amines) is 1. The number of amides is 3. The summed E-state index contributed by atoms with van der Waals surface area (Å²) < 4.78 is 62.2. The van der Waals surface area contributed by atoms with Crippen LogP contribution in [-0.4, -0.2) is 79.5 Å². The molecule has 0 spiro atoms. The highest BCUT2D eigenvalue weighted by molar-refractivity contribution is 5.80. The van der Waals surface area contributed by atoms with Crippen molar-refractivity contribution >= 4 is 11.9 Å². The fraction of sp³-hybridized carbons (Fsp3) is 0.846. The normalized spacial score (nSPS) is 16.6. The second-order valence-electron chi connectivity index (χ2n) is 5.66. The van der Waals surface area contributed by atoms with Crippen LogP contribution in [0.25, 0.3) is 0 Å². The third kappa shape index (κ3) is 6.19. The number of carbonyl (C=O) groups excluding carboxylic acids is 2. The Morgan fingerprint density at radius 3 is 2.09 bits per heavy atom. The Labute approximate surface area is 131 Å². The number of carbonyl (C=O) groups is 2. The summed E-state index contributed by atoms with van der Waals surface area (Å²) in [6, 6.07) is -0.254. The van der Waals surface area contributed by atoms with Crippen LogP contribution in [-0.2, 0) is 4.79 Å². The molecule has 0 radical (unpaired) electrons. The molecule has 23 heavy (non-hydrogen) atoms. The molecule has 1 aliphatic rings. The molecule has 10 heteroatoms. The lowest BCUT2D eigenvalue weighted by Crippen LogP contribution is -2.49. The molecule has 3 amide bonds. The fourth-order valence-electron chi connectivity index (χ4n) is 2.47. The molecule has 5 nitrogen and oxygen atoms in total. The minimum atomic E-state index is -4.73. The molecule has 1 fully saturated rings. The number of hydrogen-bond acceptors (Lipinski definition) is 2. The van der Waals surface area contributed by atoms with E-state index in [9.17, 15) is 31.5 Å². The zero-order chi connectivity index (χ0) is 17.8. The monoisotopic (exact) mass is 345 g/mol. The Balaban J connectivity index is 2.66. The van der Waals surface area contributed by atoms with Crippen molar-refractivity contribution in [3.63, 3.8) is 0 Å². The van der Waals surface area contributed by atoms with Crippen molar-refractivity contribution in [3.8, 4) is 0 Å². The van der Waals surface area contributed by atoms with Crippen molar-refractivity contribution in [2.75, 3.05) is 40.3 Å². The summed E-state index contributed by atoms with van der Waals surface area (Å²) in [5, 5.41) is 0. The average Bonchev–Trinajstić information content (AvgIpc) is 2.43. The van der Waals surface area contributed by atoms with Crippen LogP contribution in [0.2, 0.25) is 0 Å². The molecule has 1 rings (SSSR count). The molecule has 0 N–H and O–H groups in total. The first kappa shape index (κ1) is 19.4. The molecule has 0 saturated carbocycles. The van der Waals surface area contributed by atoms with Gasteiger partial charge in [-0.05, 0) is 12.8 Å². The summed E-state index contributed by atoms with van der Waals surface area (Å²) in [7, 11) is 3.13. The minimum absolute atomic E-state index is 0.163. The highest BCUT2D eigenvalue weighted by Gasteiger charge is 2.37. The summed E-state index contributed by atoms with van der Waals surface area (Å²) in [6.07, 6.45) is -7.44. The lowest BCUT2D eigenvalue weighted by molar-refractivity contribution is -0.167. The van der Waals surface area contributed by atoms with E-state index in [0.29, 0.717) is 0 Å². The molecule has 0 aromatic rings. The number of rotatable bonds is 4. The van der Waals surface area contributed by atoms with Gasteiger partial charge in [-0.25, -0.2) is 13.6 Å². The number of halogens is 5. The molecule has 134 valence electrons. The van der Waals surface area contributed by atoms with Gasteiger partial charge >= 0.3 is 12.2 Å². The van der Waals surface area contributed by atoms with Gasteiger partial charge in [0.15, 0.2) is 0 Å². The lowest BCUT2D eigenvalue weighted by atomic mass is 9.95. The summed E-state index contributed by atoms with van der Waals surface area (Å²) in [5.74, 6) is -1.71. The largest absolute Gasteiger partial charge is 0.406 e. The number of urea groups is 1. The maximum atomic E-state index is 12.4. The molecule has 0 bridgehead atoms. The van der Waals surface area contributed by atoms with Gasteiger partial charge in [-0.2, -0.15) is 13.2 Å². The van der Waals surface area contributed by atoms with Gasteiger partial charge in [0, 0.05) is 33.1 Å². The van der Waals surface area contributed by atoms with E-state index in [1.807, 2.05) is 0 Å². The van der Waals surface area contributed by atoms with Crippen molar-refractivity contribution < 1.29 is 31.5 Å². The van der Waals surface area contributed by atoms with Gasteiger partial charge in [0.1, 0.15) is 6.54 Å². The van der Waals surface area contributed by atoms with Crippen molar-refractivity contribution in [1.82, 2.24) is 14.7 Å². The highest BCUT2D eigenvalue weighted by Crippen LogP contribution is 2.24. The first-order chi connectivity index (χ1) is 10.5. The first-order valence-electron chi connectivity index (χ1n) is 7.11. The van der Waals surface area contributed by atoms with Crippen LogP contribution in [0.5, 0.6) is 0 Å². The Hall–Kier alpha value is -1.61. The number of hydrogen-bond donors (Lipinski definition) is 0. The predicted octanol–water partition coefficient (Wildman–Crippen LogP) is 2.04. The zero-order valence-electron chi connectivity index (χ0n) is 12.9. The van der Waals surface area contributed by atoms with Crippen LogP contribution in [0, 0.1) is 5.92 Å². The Kier molecular flexibility index (Phi) is 6.57. The van der Waals surface area contributed by atoms with Crippen molar-refractivity contribution in [2.24, 2.45) is 5.92 Å². The van der Waals surface area contributed by atoms with Crippen LogP contribution in [0.1, 0.15) is 12.8 Å². The van der Waals surface area contributed by atoms with Gasteiger partial charge in [0.05, 0.1) is 6.54 Å². The average molecular weight is 345 g/mol. The van der Waals surface area contributed by atoms with E-state index >= 15 is 0 Å². The number of alkyl halides is 5. The van der Waals surface area contributed by atoms with Gasteiger partial charge < -0.3 is 14.7 Å². The summed E-state index contributed by atoms with van der Waals surface area (Å²) >= 11 is 0. The second kappa shape index (κ2) is 7.78. The smallest absolute Gasteiger partial charge is 0.331 e. The Morgan fingerprint density at radius 2 is 1.70 bits per heavy atom. The van der Waals surface area contributed by atoms with Crippen LogP contribution >= 0.6 is 0 Å². The molecule has 1 heterocycles. The van der Waals surface area contributed by atoms with Gasteiger partial charge in [-0.1, -0.05) is 0 Å². The quantitative estimate of drug-likeness (QED) is 0.732. The summed E-state index contributed by atoms with van der Waals surface area (Å²) in [4.78, 5) is 26.8. The van der Waals surface area contributed by atoms with Gasteiger partial charge in [-0.15, -0.1) is 0 Å². The second-order valence-corrected chi connectivity index (χ2v) is 5.66. The van der Waals surface area contributed by atoms with Crippen molar-refractivity contribution in [2.45, 2.75) is 25.4 Å². The fourth-order valence-corrected chi connectivity index (χ4v) is 2.47. The third-order valence-corrected chi connectivity index (χ3v) is 3.54. The van der Waals surface area contributed by atoms with Gasteiger partial charge in [0.2, 0.25) is 5.91 Å². The van der Waals surface area contributed by atoms with E-state index in [-0.39, 0.29) is 36.9 Å². The maximum absolute atomic E-state index is 12.4. The van der Waals surface area contributed by atoms with E-state index in [1.54, 1.807) is 14.1 Å². The highest BCUT2D eigenvalue weighted by atomic mass is 19.4. The van der Waals surface area contributed by atoms with E-state index < -0.39 is 37.5 Å². The van der Waals surface area contributed by atoms with Crippen LogP contribution < -0.4 is 0 Å². The molecule has 0 aromatic heterocycles. The van der Waals surface area contributed by atoms with E-state index in [4.69, 9.17) is 0 Å². The first-order valence-corrected chi connectivity index (χ1v) is 7.11. The van der Waals surface area contributed by atoms with Gasteiger partial charge in [-0.3, -0.25) is 4.79 Å². The predicted molar refractivity (Wildman–Crippen MR) is 72.0 cm³/mol. The standard InChI is InChI=1S/C13H20F5N3O2/c1-19(2)12(23)20-5-3-9(4-6-20)11(22)21(7-10(14)15)8-13(16,17)18/h9-10H,3-8H2,1-2H3. The number of piperidine rings is 1. The van der Waals surface area contributed by atoms with Crippen LogP contribution in [0.4, 0.5) is 26.7 Å². The lowest BCUT2D eigenvalue weighted by Gasteiger charge is -2.35. The maximum Gasteiger partial charge on any atom is 0.406 e.